The lowest BCUT2D eigenvalue weighted by Gasteiger charge is -2.17. The Hall–Kier alpha value is -1.25. The van der Waals surface area contributed by atoms with E-state index in [9.17, 15) is 0 Å². The summed E-state index contributed by atoms with van der Waals surface area (Å²) in [5.41, 5.74) is 1.26. The van der Waals surface area contributed by atoms with Gasteiger partial charge in [-0.25, -0.2) is 4.98 Å². The van der Waals surface area contributed by atoms with E-state index in [0.717, 1.165) is 11.6 Å². The number of rotatable bonds is 4. The van der Waals surface area contributed by atoms with Gasteiger partial charge < -0.3 is 9.64 Å². The molecule has 0 saturated heterocycles. The van der Waals surface area contributed by atoms with Crippen LogP contribution in [0, 0.1) is 0 Å². The van der Waals surface area contributed by atoms with Crippen LogP contribution in [-0.2, 0) is 0 Å². The van der Waals surface area contributed by atoms with Gasteiger partial charge in [-0.2, -0.15) is 0 Å². The Labute approximate surface area is 97.4 Å². The van der Waals surface area contributed by atoms with E-state index in [0.29, 0.717) is 12.0 Å². The fourth-order valence-corrected chi connectivity index (χ4v) is 1.61. The largest absolute Gasteiger partial charge is 0.489 e. The summed E-state index contributed by atoms with van der Waals surface area (Å²) in [6.45, 7) is 4.38. The molecule has 88 valence electrons. The maximum Gasteiger partial charge on any atom is 0.141 e. The maximum absolute atomic E-state index is 5.87. The Bertz CT molecular complexity index is 370. The highest BCUT2D eigenvalue weighted by molar-refractivity contribution is 5.46. The monoisotopic (exact) mass is 220 g/mol. The van der Waals surface area contributed by atoms with Crippen molar-refractivity contribution in [1.82, 2.24) is 4.98 Å². The highest BCUT2D eigenvalue weighted by Gasteiger charge is 2.25. The van der Waals surface area contributed by atoms with Crippen molar-refractivity contribution < 1.29 is 4.74 Å². The minimum Gasteiger partial charge on any atom is -0.489 e. The van der Waals surface area contributed by atoms with E-state index in [1.165, 1.54) is 18.4 Å². The second-order valence-electron chi connectivity index (χ2n) is 4.95. The standard InChI is InChI=1S/C13H20N2O/c1-9(2)11-7-13(15(3)4)14-8-12(11)16-10-5-6-10/h7-10H,5-6H2,1-4H3. The molecule has 0 aromatic carbocycles. The molecule has 0 aliphatic heterocycles. The highest BCUT2D eigenvalue weighted by Crippen LogP contribution is 2.33. The van der Waals surface area contributed by atoms with Crippen LogP contribution in [0.3, 0.4) is 0 Å². The summed E-state index contributed by atoms with van der Waals surface area (Å²) in [6, 6.07) is 2.13. The molecule has 1 aliphatic carbocycles. The lowest BCUT2D eigenvalue weighted by molar-refractivity contribution is 0.297. The van der Waals surface area contributed by atoms with Gasteiger partial charge in [-0.3, -0.25) is 0 Å². The molecule has 0 atom stereocenters. The Morgan fingerprint density at radius 1 is 1.38 bits per heavy atom. The Kier molecular flexibility index (Phi) is 3.03. The van der Waals surface area contributed by atoms with E-state index in [-0.39, 0.29) is 0 Å². The van der Waals surface area contributed by atoms with Gasteiger partial charge in [0, 0.05) is 19.7 Å². The van der Waals surface area contributed by atoms with Crippen LogP contribution in [0.2, 0.25) is 0 Å². The van der Waals surface area contributed by atoms with Crippen LogP contribution in [-0.4, -0.2) is 25.2 Å². The Balaban J connectivity index is 2.28. The van der Waals surface area contributed by atoms with Crippen LogP contribution < -0.4 is 9.64 Å². The molecule has 0 N–H and O–H groups in total. The van der Waals surface area contributed by atoms with E-state index in [1.54, 1.807) is 0 Å². The average Bonchev–Trinajstić information content (AvgIpc) is 3.01. The van der Waals surface area contributed by atoms with Crippen molar-refractivity contribution in [2.45, 2.75) is 38.7 Å². The molecule has 0 bridgehead atoms. The summed E-state index contributed by atoms with van der Waals surface area (Å²) in [6.07, 6.45) is 4.67. The van der Waals surface area contributed by atoms with Gasteiger partial charge in [0.2, 0.25) is 0 Å². The van der Waals surface area contributed by atoms with Crippen LogP contribution in [0.25, 0.3) is 0 Å². The van der Waals surface area contributed by atoms with Gasteiger partial charge in [-0.15, -0.1) is 0 Å². The number of nitrogens with zero attached hydrogens (tertiary/aromatic N) is 2. The SMILES string of the molecule is CC(C)c1cc(N(C)C)ncc1OC1CC1. The van der Waals surface area contributed by atoms with Gasteiger partial charge in [0.25, 0.3) is 0 Å². The second kappa shape index (κ2) is 4.32. The minimum atomic E-state index is 0.435. The summed E-state index contributed by atoms with van der Waals surface area (Å²) < 4.78 is 5.87. The predicted molar refractivity (Wildman–Crippen MR) is 66.3 cm³/mol. The fourth-order valence-electron chi connectivity index (χ4n) is 1.61. The Morgan fingerprint density at radius 2 is 2.06 bits per heavy atom. The van der Waals surface area contributed by atoms with Crippen molar-refractivity contribution in [3.63, 3.8) is 0 Å². The molecule has 1 aromatic rings. The van der Waals surface area contributed by atoms with Gasteiger partial charge in [-0.1, -0.05) is 13.8 Å². The maximum atomic E-state index is 5.87. The molecule has 0 unspecified atom stereocenters. The van der Waals surface area contributed by atoms with Gasteiger partial charge >= 0.3 is 0 Å². The molecular formula is C13H20N2O. The summed E-state index contributed by atoms with van der Waals surface area (Å²) >= 11 is 0. The molecule has 0 spiro atoms. The normalized spacial score (nSPS) is 15.3. The Morgan fingerprint density at radius 3 is 2.56 bits per heavy atom. The molecule has 0 radical (unpaired) electrons. The summed E-state index contributed by atoms with van der Waals surface area (Å²) in [4.78, 5) is 6.42. The van der Waals surface area contributed by atoms with Gasteiger partial charge in [0.05, 0.1) is 12.3 Å². The zero-order valence-corrected chi connectivity index (χ0v) is 10.5. The molecule has 16 heavy (non-hydrogen) atoms. The first kappa shape index (κ1) is 11.2. The molecule has 1 saturated carbocycles. The lowest BCUT2D eigenvalue weighted by Crippen LogP contribution is -2.12. The smallest absolute Gasteiger partial charge is 0.141 e. The van der Waals surface area contributed by atoms with Crippen molar-refractivity contribution in [2.24, 2.45) is 0 Å². The first-order valence-corrected chi connectivity index (χ1v) is 5.92. The van der Waals surface area contributed by atoms with Crippen LogP contribution in [0.15, 0.2) is 12.3 Å². The van der Waals surface area contributed by atoms with Crippen LogP contribution in [0.4, 0.5) is 5.82 Å². The second-order valence-corrected chi connectivity index (χ2v) is 4.95. The van der Waals surface area contributed by atoms with Crippen molar-refractivity contribution in [1.29, 1.82) is 0 Å². The first-order chi connectivity index (χ1) is 7.58. The predicted octanol–water partition coefficient (Wildman–Crippen LogP) is 2.81. The van der Waals surface area contributed by atoms with Gasteiger partial charge in [-0.05, 0) is 24.8 Å². The zero-order chi connectivity index (χ0) is 11.7. The van der Waals surface area contributed by atoms with Crippen LogP contribution in [0.1, 0.15) is 38.2 Å². The van der Waals surface area contributed by atoms with Crippen LogP contribution >= 0.6 is 0 Å². The van der Waals surface area contributed by atoms with Gasteiger partial charge in [0.1, 0.15) is 11.6 Å². The third kappa shape index (κ3) is 2.46. The lowest BCUT2D eigenvalue weighted by atomic mass is 10.0. The number of ether oxygens (including phenoxy) is 1. The fraction of sp³-hybridized carbons (Fsp3) is 0.615. The van der Waals surface area contributed by atoms with Crippen molar-refractivity contribution in [2.75, 3.05) is 19.0 Å². The molecule has 1 heterocycles. The molecule has 1 fully saturated rings. The highest BCUT2D eigenvalue weighted by atomic mass is 16.5. The third-order valence-corrected chi connectivity index (χ3v) is 2.78. The van der Waals surface area contributed by atoms with Crippen molar-refractivity contribution >= 4 is 5.82 Å². The number of pyridine rings is 1. The van der Waals surface area contributed by atoms with Crippen molar-refractivity contribution in [3.8, 4) is 5.75 Å². The summed E-state index contributed by atoms with van der Waals surface area (Å²) in [7, 11) is 4.02. The van der Waals surface area contributed by atoms with E-state index in [2.05, 4.69) is 24.9 Å². The molecule has 2 rings (SSSR count). The molecule has 1 aliphatic rings. The van der Waals surface area contributed by atoms with Gasteiger partial charge in [0.15, 0.2) is 0 Å². The summed E-state index contributed by atoms with van der Waals surface area (Å²) in [5, 5.41) is 0. The summed E-state index contributed by atoms with van der Waals surface area (Å²) in [5.74, 6) is 2.42. The number of hydrogen-bond acceptors (Lipinski definition) is 3. The quantitative estimate of drug-likeness (QED) is 0.780. The average molecular weight is 220 g/mol. The topological polar surface area (TPSA) is 25.4 Å². The molecular weight excluding hydrogens is 200 g/mol. The van der Waals surface area contributed by atoms with Crippen molar-refractivity contribution in [3.05, 3.63) is 17.8 Å². The molecule has 3 nitrogen and oxygen atoms in total. The number of anilines is 1. The molecule has 0 amide bonds. The van der Waals surface area contributed by atoms with Crippen LogP contribution in [0.5, 0.6) is 5.75 Å². The molecule has 3 heteroatoms. The number of aromatic nitrogens is 1. The van der Waals surface area contributed by atoms with E-state index in [4.69, 9.17) is 4.74 Å². The first-order valence-electron chi connectivity index (χ1n) is 5.92. The number of hydrogen-bond donors (Lipinski definition) is 0. The third-order valence-electron chi connectivity index (χ3n) is 2.78. The van der Waals surface area contributed by atoms with E-state index >= 15 is 0 Å². The van der Waals surface area contributed by atoms with E-state index in [1.807, 2.05) is 25.2 Å². The zero-order valence-electron chi connectivity index (χ0n) is 10.5. The molecule has 1 aromatic heterocycles. The minimum absolute atomic E-state index is 0.435. The van der Waals surface area contributed by atoms with E-state index < -0.39 is 0 Å².